The molecule has 1 aromatic carbocycles. The van der Waals surface area contributed by atoms with E-state index in [1.54, 1.807) is 0 Å². The van der Waals surface area contributed by atoms with Crippen LogP contribution in [0, 0.1) is 11.8 Å². The summed E-state index contributed by atoms with van der Waals surface area (Å²) in [6.45, 7) is 9.42. The molecule has 1 fully saturated rings. The van der Waals surface area contributed by atoms with Crippen LogP contribution in [-0.4, -0.2) is 62.3 Å². The molecule has 1 aliphatic rings. The fraction of sp³-hybridized carbons (Fsp3) is 0.667. The SMILES string of the molecule is CC[C@@H](OC(C)=O)[C@@H](OC(C)=O)C1O[C@@](OCCCOCc2ccccc2)(C(=O)OC)C[C@@H](C)[C@H]1C. The maximum absolute atomic E-state index is 13.0. The van der Waals surface area contributed by atoms with Gasteiger partial charge in [-0.2, -0.15) is 0 Å². The van der Waals surface area contributed by atoms with E-state index in [0.29, 0.717) is 26.1 Å². The lowest BCUT2D eigenvalue weighted by Crippen LogP contribution is -2.60. The summed E-state index contributed by atoms with van der Waals surface area (Å²) < 4.78 is 34.2. The summed E-state index contributed by atoms with van der Waals surface area (Å²) >= 11 is 0. The first-order valence-electron chi connectivity index (χ1n) is 12.5. The molecule has 0 N–H and O–H groups in total. The van der Waals surface area contributed by atoms with Gasteiger partial charge in [-0.3, -0.25) is 9.59 Å². The molecule has 1 unspecified atom stereocenters. The Kier molecular flexibility index (Phi) is 11.8. The second kappa shape index (κ2) is 14.3. The van der Waals surface area contributed by atoms with E-state index < -0.39 is 42.0 Å². The van der Waals surface area contributed by atoms with Gasteiger partial charge >= 0.3 is 17.9 Å². The predicted octanol–water partition coefficient (Wildman–Crippen LogP) is 3.81. The van der Waals surface area contributed by atoms with Crippen molar-refractivity contribution >= 4 is 17.9 Å². The predicted molar refractivity (Wildman–Crippen MR) is 131 cm³/mol. The molecule has 0 saturated carbocycles. The average molecular weight is 509 g/mol. The monoisotopic (exact) mass is 508 g/mol. The molecule has 1 heterocycles. The van der Waals surface area contributed by atoms with Crippen LogP contribution in [0.2, 0.25) is 0 Å². The normalized spacial score (nSPS) is 25.4. The maximum Gasteiger partial charge on any atom is 0.366 e. The van der Waals surface area contributed by atoms with Crippen molar-refractivity contribution in [1.29, 1.82) is 0 Å². The molecule has 202 valence electrons. The van der Waals surface area contributed by atoms with Crippen LogP contribution < -0.4 is 0 Å². The summed E-state index contributed by atoms with van der Waals surface area (Å²) in [4.78, 5) is 36.6. The number of benzene rings is 1. The zero-order valence-corrected chi connectivity index (χ0v) is 22.2. The maximum atomic E-state index is 13.0. The number of carbonyl (C=O) groups is 3. The van der Waals surface area contributed by atoms with Crippen LogP contribution >= 0.6 is 0 Å². The fourth-order valence-electron chi connectivity index (χ4n) is 4.42. The minimum absolute atomic E-state index is 0.0509. The number of carbonyl (C=O) groups excluding carboxylic acids is 3. The van der Waals surface area contributed by atoms with Gasteiger partial charge in [0.25, 0.3) is 5.79 Å². The summed E-state index contributed by atoms with van der Waals surface area (Å²) in [7, 11) is 1.27. The van der Waals surface area contributed by atoms with Gasteiger partial charge < -0.3 is 28.4 Å². The Labute approximate surface area is 213 Å². The zero-order chi connectivity index (χ0) is 26.7. The number of hydrogen-bond donors (Lipinski definition) is 0. The van der Waals surface area contributed by atoms with Crippen LogP contribution in [0.5, 0.6) is 0 Å². The molecule has 0 amide bonds. The highest BCUT2D eigenvalue weighted by molar-refractivity contribution is 5.78. The molecule has 0 radical (unpaired) electrons. The van der Waals surface area contributed by atoms with E-state index in [0.717, 1.165) is 5.56 Å². The number of esters is 3. The first-order valence-corrected chi connectivity index (χ1v) is 12.5. The molecule has 9 nitrogen and oxygen atoms in total. The zero-order valence-electron chi connectivity index (χ0n) is 22.2. The van der Waals surface area contributed by atoms with Crippen molar-refractivity contribution in [1.82, 2.24) is 0 Å². The van der Waals surface area contributed by atoms with Gasteiger partial charge in [-0.15, -0.1) is 0 Å². The summed E-state index contributed by atoms with van der Waals surface area (Å²) in [6, 6.07) is 9.83. The number of ether oxygens (including phenoxy) is 6. The van der Waals surface area contributed by atoms with Crippen LogP contribution in [0.1, 0.15) is 59.4 Å². The van der Waals surface area contributed by atoms with Crippen LogP contribution in [0.4, 0.5) is 0 Å². The van der Waals surface area contributed by atoms with Crippen molar-refractivity contribution in [3.05, 3.63) is 35.9 Å². The van der Waals surface area contributed by atoms with Gasteiger partial charge in [0.05, 0.1) is 20.3 Å². The molecule has 2 rings (SSSR count). The molecule has 36 heavy (non-hydrogen) atoms. The summed E-state index contributed by atoms with van der Waals surface area (Å²) in [6.07, 6.45) is -1.25. The highest BCUT2D eigenvalue weighted by atomic mass is 16.7. The van der Waals surface area contributed by atoms with Gasteiger partial charge in [-0.05, 0) is 30.2 Å². The molecule has 0 aromatic heterocycles. The lowest BCUT2D eigenvalue weighted by Gasteiger charge is -2.47. The van der Waals surface area contributed by atoms with Crippen LogP contribution in [-0.2, 0) is 49.4 Å². The third-order valence-electron chi connectivity index (χ3n) is 6.42. The molecule has 0 bridgehead atoms. The van der Waals surface area contributed by atoms with Crippen molar-refractivity contribution in [3.8, 4) is 0 Å². The average Bonchev–Trinajstić information content (AvgIpc) is 2.85. The summed E-state index contributed by atoms with van der Waals surface area (Å²) in [5, 5.41) is 0. The van der Waals surface area contributed by atoms with Crippen molar-refractivity contribution in [2.45, 2.75) is 84.6 Å². The van der Waals surface area contributed by atoms with Crippen LogP contribution in [0.25, 0.3) is 0 Å². The van der Waals surface area contributed by atoms with Gasteiger partial charge in [-0.1, -0.05) is 51.1 Å². The fourth-order valence-corrected chi connectivity index (χ4v) is 4.42. The number of rotatable bonds is 13. The van der Waals surface area contributed by atoms with Crippen molar-refractivity contribution in [2.75, 3.05) is 20.3 Å². The summed E-state index contributed by atoms with van der Waals surface area (Å²) in [5.74, 6) is -3.57. The second-order valence-corrected chi connectivity index (χ2v) is 9.24. The van der Waals surface area contributed by atoms with E-state index in [-0.39, 0.29) is 24.9 Å². The highest BCUT2D eigenvalue weighted by Gasteiger charge is 2.55. The third kappa shape index (κ3) is 8.28. The second-order valence-electron chi connectivity index (χ2n) is 9.24. The highest BCUT2D eigenvalue weighted by Crippen LogP contribution is 2.41. The Morgan fingerprint density at radius 3 is 2.31 bits per heavy atom. The Hall–Kier alpha value is -2.49. The number of methoxy groups -OCH3 is 1. The minimum Gasteiger partial charge on any atom is -0.465 e. The molecule has 1 saturated heterocycles. The molecular formula is C27H40O9. The Bertz CT molecular complexity index is 843. The molecule has 6 atom stereocenters. The molecule has 1 aliphatic heterocycles. The van der Waals surface area contributed by atoms with E-state index in [1.165, 1.54) is 21.0 Å². The van der Waals surface area contributed by atoms with E-state index in [1.807, 2.05) is 51.1 Å². The van der Waals surface area contributed by atoms with Crippen LogP contribution in [0.15, 0.2) is 30.3 Å². The van der Waals surface area contributed by atoms with Gasteiger partial charge in [0.15, 0.2) is 6.10 Å². The van der Waals surface area contributed by atoms with E-state index in [2.05, 4.69) is 0 Å². The molecule has 0 spiro atoms. The van der Waals surface area contributed by atoms with Gasteiger partial charge in [0.1, 0.15) is 12.2 Å². The Morgan fingerprint density at radius 1 is 1.06 bits per heavy atom. The quantitative estimate of drug-likeness (QED) is 0.223. The summed E-state index contributed by atoms with van der Waals surface area (Å²) in [5.41, 5.74) is 1.07. The first-order chi connectivity index (χ1) is 17.1. The van der Waals surface area contributed by atoms with E-state index in [9.17, 15) is 14.4 Å². The molecule has 1 aromatic rings. The van der Waals surface area contributed by atoms with E-state index >= 15 is 0 Å². The Morgan fingerprint density at radius 2 is 1.72 bits per heavy atom. The molecule has 9 heteroatoms. The largest absolute Gasteiger partial charge is 0.465 e. The molecular weight excluding hydrogens is 468 g/mol. The lowest BCUT2D eigenvalue weighted by atomic mass is 9.79. The topological polar surface area (TPSA) is 107 Å². The van der Waals surface area contributed by atoms with Gasteiger partial charge in [0.2, 0.25) is 0 Å². The first kappa shape index (κ1) is 29.7. The Balaban J connectivity index is 2.15. The standard InChI is InChI=1S/C27H40O9/c1-7-23(34-20(4)28)25(35-21(5)29)24-19(3)18(2)16-27(36-24,26(30)31-6)33-15-11-14-32-17-22-12-9-8-10-13-22/h8-10,12-13,18-19,23-25H,7,11,14-17H2,1-6H3/t18-,19-,23-,24?,25-,27-/m1/s1. The van der Waals surface area contributed by atoms with Gasteiger partial charge in [-0.25, -0.2) is 4.79 Å². The minimum atomic E-state index is -1.68. The van der Waals surface area contributed by atoms with Crippen molar-refractivity contribution < 1.29 is 42.8 Å². The number of hydrogen-bond acceptors (Lipinski definition) is 9. The van der Waals surface area contributed by atoms with Crippen molar-refractivity contribution in [3.63, 3.8) is 0 Å². The van der Waals surface area contributed by atoms with Crippen molar-refractivity contribution in [2.24, 2.45) is 11.8 Å². The van der Waals surface area contributed by atoms with Crippen LogP contribution in [0.3, 0.4) is 0 Å². The lowest BCUT2D eigenvalue weighted by molar-refractivity contribution is -0.313. The molecule has 0 aliphatic carbocycles. The third-order valence-corrected chi connectivity index (χ3v) is 6.42. The smallest absolute Gasteiger partial charge is 0.366 e. The van der Waals surface area contributed by atoms with Gasteiger partial charge in [0, 0.05) is 26.9 Å². The van der Waals surface area contributed by atoms with E-state index in [4.69, 9.17) is 28.4 Å².